The van der Waals surface area contributed by atoms with Gasteiger partial charge in [-0.1, -0.05) is 11.8 Å². The van der Waals surface area contributed by atoms with Crippen molar-refractivity contribution in [1.82, 2.24) is 14.8 Å². The molecule has 0 aliphatic carbocycles. The van der Waals surface area contributed by atoms with Crippen molar-refractivity contribution >= 4 is 23.4 Å². The van der Waals surface area contributed by atoms with Gasteiger partial charge >= 0.3 is 0 Å². The van der Waals surface area contributed by atoms with E-state index in [4.69, 9.17) is 13.9 Å². The Bertz CT molecular complexity index is 924. The van der Waals surface area contributed by atoms with Crippen LogP contribution in [0.2, 0.25) is 0 Å². The molecule has 28 heavy (non-hydrogen) atoms. The van der Waals surface area contributed by atoms with E-state index in [-0.39, 0.29) is 11.7 Å². The van der Waals surface area contributed by atoms with E-state index < -0.39 is 0 Å². The molecule has 0 atom stereocenters. The lowest BCUT2D eigenvalue weighted by atomic mass is 10.2. The molecule has 0 aliphatic heterocycles. The van der Waals surface area contributed by atoms with Crippen molar-refractivity contribution in [2.24, 2.45) is 0 Å². The number of carbonyl (C=O) groups excluding carboxylic acids is 1. The molecule has 0 bridgehead atoms. The summed E-state index contributed by atoms with van der Waals surface area (Å²) < 4.78 is 18.1. The fourth-order valence-electron chi connectivity index (χ4n) is 2.62. The maximum absolute atomic E-state index is 12.4. The van der Waals surface area contributed by atoms with E-state index in [2.05, 4.69) is 15.5 Å². The summed E-state index contributed by atoms with van der Waals surface area (Å²) in [4.78, 5) is 12.4. The van der Waals surface area contributed by atoms with Gasteiger partial charge in [0.15, 0.2) is 28.2 Å². The van der Waals surface area contributed by atoms with Gasteiger partial charge in [0.25, 0.3) is 0 Å². The lowest BCUT2D eigenvalue weighted by Crippen LogP contribution is -2.14. The molecule has 8 nitrogen and oxygen atoms in total. The Balaban J connectivity index is 1.63. The molecule has 0 unspecified atom stereocenters. The first-order valence-corrected chi connectivity index (χ1v) is 9.85. The molecular weight excluding hydrogens is 380 g/mol. The fourth-order valence-corrected chi connectivity index (χ4v) is 3.42. The van der Waals surface area contributed by atoms with E-state index >= 15 is 0 Å². The quantitative estimate of drug-likeness (QED) is 0.546. The van der Waals surface area contributed by atoms with Crippen LogP contribution < -0.4 is 14.8 Å². The second-order valence-electron chi connectivity index (χ2n) is 5.66. The molecule has 3 aromatic rings. The largest absolute Gasteiger partial charge is 0.493 e. The number of amides is 1. The molecule has 1 amide bonds. The zero-order valence-electron chi connectivity index (χ0n) is 16.0. The van der Waals surface area contributed by atoms with Gasteiger partial charge in [0.1, 0.15) is 0 Å². The van der Waals surface area contributed by atoms with Crippen molar-refractivity contribution in [3.8, 4) is 23.1 Å². The number of nitrogens with one attached hydrogen (secondary N) is 1. The van der Waals surface area contributed by atoms with Crippen molar-refractivity contribution in [1.29, 1.82) is 0 Å². The Morgan fingerprint density at radius 3 is 2.79 bits per heavy atom. The van der Waals surface area contributed by atoms with Crippen LogP contribution in [-0.2, 0) is 11.3 Å². The minimum absolute atomic E-state index is 0.151. The number of nitrogens with zero attached hydrogens (tertiary/aromatic N) is 3. The van der Waals surface area contributed by atoms with Crippen LogP contribution in [0.4, 0.5) is 5.69 Å². The summed E-state index contributed by atoms with van der Waals surface area (Å²) >= 11 is 1.32. The Labute approximate surface area is 167 Å². The van der Waals surface area contributed by atoms with Crippen LogP contribution in [0.3, 0.4) is 0 Å². The Morgan fingerprint density at radius 1 is 1.25 bits per heavy atom. The molecule has 0 saturated heterocycles. The van der Waals surface area contributed by atoms with E-state index in [1.807, 2.05) is 24.5 Å². The van der Waals surface area contributed by atoms with Crippen molar-refractivity contribution in [2.75, 3.05) is 24.8 Å². The summed E-state index contributed by atoms with van der Waals surface area (Å²) in [5, 5.41) is 11.9. The van der Waals surface area contributed by atoms with Gasteiger partial charge in [0.2, 0.25) is 5.91 Å². The number of furan rings is 1. The van der Waals surface area contributed by atoms with Gasteiger partial charge in [-0.3, -0.25) is 9.36 Å². The first-order chi connectivity index (χ1) is 13.7. The van der Waals surface area contributed by atoms with Crippen LogP contribution in [0.5, 0.6) is 11.5 Å². The number of aromatic nitrogens is 3. The number of carbonyl (C=O) groups is 1. The van der Waals surface area contributed by atoms with E-state index in [1.165, 1.54) is 11.8 Å². The molecule has 0 aliphatic rings. The second kappa shape index (κ2) is 9.32. The maximum atomic E-state index is 12.4. The highest BCUT2D eigenvalue weighted by atomic mass is 32.2. The number of anilines is 1. The highest BCUT2D eigenvalue weighted by Gasteiger charge is 2.16. The van der Waals surface area contributed by atoms with Crippen molar-refractivity contribution in [2.45, 2.75) is 25.5 Å². The van der Waals surface area contributed by atoms with E-state index in [0.29, 0.717) is 47.1 Å². The van der Waals surface area contributed by atoms with Crippen LogP contribution in [0.15, 0.2) is 46.2 Å². The van der Waals surface area contributed by atoms with Gasteiger partial charge in [-0.15, -0.1) is 10.2 Å². The van der Waals surface area contributed by atoms with Crippen molar-refractivity contribution in [3.05, 3.63) is 36.6 Å². The number of methoxy groups -OCH3 is 1. The molecule has 0 saturated carbocycles. The maximum Gasteiger partial charge on any atom is 0.234 e. The molecule has 148 valence electrons. The fraction of sp³-hybridized carbons (Fsp3) is 0.316. The third kappa shape index (κ3) is 4.48. The summed E-state index contributed by atoms with van der Waals surface area (Å²) in [7, 11) is 1.56. The monoisotopic (exact) mass is 402 g/mol. The van der Waals surface area contributed by atoms with Gasteiger partial charge < -0.3 is 19.2 Å². The average molecular weight is 402 g/mol. The molecule has 2 aromatic heterocycles. The highest BCUT2D eigenvalue weighted by Crippen LogP contribution is 2.30. The van der Waals surface area contributed by atoms with Crippen molar-refractivity contribution in [3.63, 3.8) is 0 Å². The zero-order valence-corrected chi connectivity index (χ0v) is 16.8. The van der Waals surface area contributed by atoms with E-state index in [1.54, 1.807) is 37.6 Å². The topological polar surface area (TPSA) is 91.4 Å². The smallest absolute Gasteiger partial charge is 0.234 e. The summed E-state index contributed by atoms with van der Waals surface area (Å²) in [5.74, 6) is 2.55. The van der Waals surface area contributed by atoms with Crippen LogP contribution in [0.1, 0.15) is 13.8 Å². The average Bonchev–Trinajstić information content (AvgIpc) is 3.36. The summed E-state index contributed by atoms with van der Waals surface area (Å²) in [6.07, 6.45) is 1.59. The van der Waals surface area contributed by atoms with Crippen LogP contribution >= 0.6 is 11.8 Å². The molecule has 0 radical (unpaired) electrons. The number of hydrogen-bond donors (Lipinski definition) is 1. The Morgan fingerprint density at radius 2 is 2.11 bits per heavy atom. The number of ether oxygens (including phenoxy) is 2. The first kappa shape index (κ1) is 19.8. The lowest BCUT2D eigenvalue weighted by Gasteiger charge is -2.11. The van der Waals surface area contributed by atoms with Crippen LogP contribution in [0.25, 0.3) is 11.6 Å². The van der Waals surface area contributed by atoms with Gasteiger partial charge in [0.05, 0.1) is 25.7 Å². The van der Waals surface area contributed by atoms with E-state index in [0.717, 1.165) is 0 Å². The van der Waals surface area contributed by atoms with Gasteiger partial charge in [0, 0.05) is 18.3 Å². The SMILES string of the molecule is CCOc1ccc(NC(=O)CSc2nnc(-c3ccco3)n2CC)cc1OC. The number of thioether (sulfide) groups is 1. The van der Waals surface area contributed by atoms with Gasteiger partial charge in [-0.05, 0) is 38.1 Å². The summed E-state index contributed by atoms with van der Waals surface area (Å²) in [6, 6.07) is 8.91. The highest BCUT2D eigenvalue weighted by molar-refractivity contribution is 7.99. The minimum Gasteiger partial charge on any atom is -0.493 e. The molecule has 3 rings (SSSR count). The van der Waals surface area contributed by atoms with E-state index in [9.17, 15) is 4.79 Å². The number of rotatable bonds is 9. The predicted molar refractivity (Wildman–Crippen MR) is 107 cm³/mol. The van der Waals surface area contributed by atoms with Gasteiger partial charge in [-0.25, -0.2) is 0 Å². The molecule has 0 spiro atoms. The Hall–Kier alpha value is -2.94. The summed E-state index contributed by atoms with van der Waals surface area (Å²) in [5.41, 5.74) is 0.638. The first-order valence-electron chi connectivity index (χ1n) is 8.86. The lowest BCUT2D eigenvalue weighted by molar-refractivity contribution is -0.113. The Kier molecular flexibility index (Phi) is 6.59. The normalized spacial score (nSPS) is 10.7. The predicted octanol–water partition coefficient (Wildman–Crippen LogP) is 3.70. The molecule has 1 aromatic carbocycles. The molecule has 1 N–H and O–H groups in total. The third-order valence-corrected chi connectivity index (χ3v) is 4.82. The number of hydrogen-bond acceptors (Lipinski definition) is 7. The van der Waals surface area contributed by atoms with Crippen molar-refractivity contribution < 1.29 is 18.7 Å². The second-order valence-corrected chi connectivity index (χ2v) is 6.61. The zero-order chi connectivity index (χ0) is 19.9. The third-order valence-electron chi connectivity index (χ3n) is 3.85. The molecule has 0 fully saturated rings. The standard InChI is InChI=1S/C19H22N4O4S/c1-4-23-18(15-7-6-10-27-15)21-22-19(23)28-12-17(24)20-13-8-9-14(26-5-2)16(11-13)25-3/h6-11H,4-5,12H2,1-3H3,(H,20,24). The van der Waals surface area contributed by atoms with Crippen LogP contribution in [-0.4, -0.2) is 40.1 Å². The van der Waals surface area contributed by atoms with Gasteiger partial charge in [-0.2, -0.15) is 0 Å². The molecular formula is C19H22N4O4S. The number of benzene rings is 1. The molecule has 2 heterocycles. The molecule has 9 heteroatoms. The van der Waals surface area contributed by atoms with Crippen LogP contribution in [0, 0.1) is 0 Å². The summed E-state index contributed by atoms with van der Waals surface area (Å²) in [6.45, 7) is 5.10. The minimum atomic E-state index is -0.151.